The lowest BCUT2D eigenvalue weighted by atomic mass is 10.1. The quantitative estimate of drug-likeness (QED) is 0.605. The van der Waals surface area contributed by atoms with E-state index in [1.54, 1.807) is 63.2 Å². The van der Waals surface area contributed by atoms with E-state index in [1.165, 1.54) is 4.90 Å². The number of esters is 1. The van der Waals surface area contributed by atoms with Crippen molar-refractivity contribution in [2.45, 2.75) is 26.4 Å². The molecule has 0 saturated heterocycles. The largest absolute Gasteiger partial charge is 0.459 e. The predicted octanol–water partition coefficient (Wildman–Crippen LogP) is 5.62. The van der Waals surface area contributed by atoms with Crippen molar-refractivity contribution >= 4 is 46.8 Å². The zero-order valence-corrected chi connectivity index (χ0v) is 17.0. The zero-order valence-electron chi connectivity index (χ0n) is 15.5. The fraction of sp³-hybridized carbons (Fsp3) is 0.238. The van der Waals surface area contributed by atoms with Crippen LogP contribution in [0.5, 0.6) is 0 Å². The lowest BCUT2D eigenvalue weighted by Crippen LogP contribution is -2.39. The van der Waals surface area contributed by atoms with E-state index in [2.05, 4.69) is 6.58 Å². The van der Waals surface area contributed by atoms with E-state index in [0.29, 0.717) is 5.69 Å². The van der Waals surface area contributed by atoms with E-state index in [9.17, 15) is 9.59 Å². The standard InChI is InChI=1S/C21H21Cl2NO3/c1-5-14-8-6-9-15(12-14)24(13-18(25)27-21(2,3)4)20(26)19-16(22)10-7-11-17(19)23/h5-12H,1,13H2,2-4H3. The van der Waals surface area contributed by atoms with Crippen molar-refractivity contribution in [3.8, 4) is 0 Å². The molecule has 0 aliphatic rings. The topological polar surface area (TPSA) is 46.6 Å². The number of nitrogens with zero attached hydrogens (tertiary/aromatic N) is 1. The number of amides is 1. The number of hydrogen-bond acceptors (Lipinski definition) is 3. The van der Waals surface area contributed by atoms with Crippen molar-refractivity contribution < 1.29 is 14.3 Å². The third-order valence-corrected chi connectivity index (χ3v) is 4.18. The van der Waals surface area contributed by atoms with Crippen molar-refractivity contribution in [3.05, 3.63) is 70.2 Å². The molecule has 0 aliphatic carbocycles. The maximum Gasteiger partial charge on any atom is 0.326 e. The summed E-state index contributed by atoms with van der Waals surface area (Å²) < 4.78 is 5.37. The van der Waals surface area contributed by atoms with E-state index < -0.39 is 17.5 Å². The number of anilines is 1. The molecule has 0 bridgehead atoms. The van der Waals surface area contributed by atoms with Crippen molar-refractivity contribution in [2.24, 2.45) is 0 Å². The summed E-state index contributed by atoms with van der Waals surface area (Å²) in [7, 11) is 0. The molecule has 0 saturated carbocycles. The second-order valence-corrected chi connectivity index (χ2v) is 7.69. The Morgan fingerprint density at radius 3 is 2.26 bits per heavy atom. The number of halogens is 2. The van der Waals surface area contributed by atoms with Crippen molar-refractivity contribution in [2.75, 3.05) is 11.4 Å². The zero-order chi connectivity index (χ0) is 20.2. The fourth-order valence-electron chi connectivity index (χ4n) is 2.44. The van der Waals surface area contributed by atoms with Gasteiger partial charge in [-0.25, -0.2) is 0 Å². The summed E-state index contributed by atoms with van der Waals surface area (Å²) in [6, 6.07) is 11.9. The van der Waals surface area contributed by atoms with Gasteiger partial charge in [-0.2, -0.15) is 0 Å². The SMILES string of the molecule is C=Cc1cccc(N(CC(=O)OC(C)(C)C)C(=O)c2c(Cl)cccc2Cl)c1. The van der Waals surface area contributed by atoms with Crippen LogP contribution >= 0.6 is 23.2 Å². The predicted molar refractivity (Wildman–Crippen MR) is 111 cm³/mol. The van der Waals surface area contributed by atoms with Gasteiger partial charge in [0.25, 0.3) is 5.91 Å². The monoisotopic (exact) mass is 405 g/mol. The maximum atomic E-state index is 13.2. The molecule has 4 nitrogen and oxygen atoms in total. The minimum absolute atomic E-state index is 0.133. The second kappa shape index (κ2) is 8.59. The molecule has 6 heteroatoms. The van der Waals surface area contributed by atoms with E-state index in [-0.39, 0.29) is 22.2 Å². The van der Waals surface area contributed by atoms with E-state index in [4.69, 9.17) is 27.9 Å². The molecule has 27 heavy (non-hydrogen) atoms. The Bertz CT molecular complexity index is 852. The molecule has 0 fully saturated rings. The molecular weight excluding hydrogens is 385 g/mol. The van der Waals surface area contributed by atoms with Gasteiger partial charge in [0.05, 0.1) is 15.6 Å². The van der Waals surface area contributed by atoms with Gasteiger partial charge in [-0.15, -0.1) is 0 Å². The number of carbonyl (C=O) groups excluding carboxylic acids is 2. The van der Waals surface area contributed by atoms with Crippen molar-refractivity contribution in [1.82, 2.24) is 0 Å². The molecule has 0 atom stereocenters. The van der Waals surface area contributed by atoms with Gasteiger partial charge in [0.15, 0.2) is 0 Å². The van der Waals surface area contributed by atoms with Crippen molar-refractivity contribution in [1.29, 1.82) is 0 Å². The Kier molecular flexibility index (Phi) is 6.68. The van der Waals surface area contributed by atoms with Crippen molar-refractivity contribution in [3.63, 3.8) is 0 Å². The number of benzene rings is 2. The number of hydrogen-bond donors (Lipinski definition) is 0. The Morgan fingerprint density at radius 2 is 1.70 bits per heavy atom. The molecular formula is C21H21Cl2NO3. The summed E-state index contributed by atoms with van der Waals surface area (Å²) in [6.45, 7) is 8.75. The summed E-state index contributed by atoms with van der Waals surface area (Å²) in [5.74, 6) is -1.03. The number of carbonyl (C=O) groups is 2. The molecule has 0 aromatic heterocycles. The highest BCUT2D eigenvalue weighted by molar-refractivity contribution is 6.40. The van der Waals surface area contributed by atoms with Crippen LogP contribution in [0.2, 0.25) is 10.0 Å². The molecule has 0 N–H and O–H groups in total. The number of rotatable bonds is 5. The summed E-state index contributed by atoms with van der Waals surface area (Å²) >= 11 is 12.4. The van der Waals surface area contributed by atoms with Crippen LogP contribution < -0.4 is 4.90 Å². The molecule has 2 aromatic rings. The van der Waals surface area contributed by atoms with Crippen LogP contribution in [0.15, 0.2) is 49.0 Å². The van der Waals surface area contributed by atoms with Gasteiger partial charge in [-0.1, -0.05) is 54.1 Å². The Hall–Kier alpha value is -2.30. The van der Waals surface area contributed by atoms with Crippen LogP contribution in [0.25, 0.3) is 6.08 Å². The van der Waals surface area contributed by atoms with E-state index in [1.807, 2.05) is 6.07 Å². The molecule has 1 amide bonds. The summed E-state index contributed by atoms with van der Waals surface area (Å²) in [5.41, 5.74) is 0.781. The van der Waals surface area contributed by atoms with Gasteiger partial charge >= 0.3 is 5.97 Å². The number of ether oxygens (including phenoxy) is 1. The molecule has 2 aromatic carbocycles. The summed E-state index contributed by atoms with van der Waals surface area (Å²) in [5, 5.41) is 0.420. The highest BCUT2D eigenvalue weighted by Gasteiger charge is 2.27. The van der Waals surface area contributed by atoms with Crippen LogP contribution in [0, 0.1) is 0 Å². The molecule has 0 unspecified atom stereocenters. The summed E-state index contributed by atoms with van der Waals surface area (Å²) in [6.07, 6.45) is 1.65. The smallest absolute Gasteiger partial charge is 0.326 e. The van der Waals surface area contributed by atoms with E-state index >= 15 is 0 Å². The second-order valence-electron chi connectivity index (χ2n) is 6.87. The van der Waals surface area contributed by atoms with Gasteiger partial charge in [-0.3, -0.25) is 14.5 Å². The minimum Gasteiger partial charge on any atom is -0.459 e. The molecule has 0 radical (unpaired) electrons. The molecule has 0 spiro atoms. The average Bonchev–Trinajstić information content (AvgIpc) is 2.58. The molecule has 2 rings (SSSR count). The molecule has 0 aliphatic heterocycles. The first-order chi connectivity index (χ1) is 12.6. The highest BCUT2D eigenvalue weighted by atomic mass is 35.5. The third-order valence-electron chi connectivity index (χ3n) is 3.55. The Labute approximate surface area is 169 Å². The molecule has 0 heterocycles. The first-order valence-electron chi connectivity index (χ1n) is 8.32. The van der Waals surface area contributed by atoms with Gasteiger partial charge in [-0.05, 0) is 50.6 Å². The van der Waals surface area contributed by atoms with Crippen LogP contribution in [0.1, 0.15) is 36.7 Å². The van der Waals surface area contributed by atoms with Gasteiger partial charge in [0.2, 0.25) is 0 Å². The molecule has 142 valence electrons. The Balaban J connectivity index is 2.47. The first kappa shape index (κ1) is 21.0. The van der Waals surface area contributed by atoms with E-state index in [0.717, 1.165) is 5.56 Å². The normalized spacial score (nSPS) is 11.0. The average molecular weight is 406 g/mol. The van der Waals surface area contributed by atoms with Gasteiger partial charge in [0.1, 0.15) is 12.1 Å². The third kappa shape index (κ3) is 5.59. The lowest BCUT2D eigenvalue weighted by Gasteiger charge is -2.26. The Morgan fingerprint density at radius 1 is 1.11 bits per heavy atom. The summed E-state index contributed by atoms with van der Waals surface area (Å²) in [4.78, 5) is 26.9. The lowest BCUT2D eigenvalue weighted by molar-refractivity contribution is -0.152. The minimum atomic E-state index is -0.670. The van der Waals surface area contributed by atoms with Gasteiger partial charge < -0.3 is 4.74 Å². The maximum absolute atomic E-state index is 13.2. The van der Waals surface area contributed by atoms with Crippen LogP contribution in [-0.2, 0) is 9.53 Å². The van der Waals surface area contributed by atoms with Crippen LogP contribution in [0.3, 0.4) is 0 Å². The first-order valence-corrected chi connectivity index (χ1v) is 9.08. The highest BCUT2D eigenvalue weighted by Crippen LogP contribution is 2.28. The van der Waals surface area contributed by atoms with Gasteiger partial charge in [0, 0.05) is 5.69 Å². The van der Waals surface area contributed by atoms with Crippen LogP contribution in [-0.4, -0.2) is 24.0 Å². The van der Waals surface area contributed by atoms with Crippen LogP contribution in [0.4, 0.5) is 5.69 Å². The fourth-order valence-corrected chi connectivity index (χ4v) is 3.00.